The summed E-state index contributed by atoms with van der Waals surface area (Å²) in [6.45, 7) is 4.80. The minimum Gasteiger partial charge on any atom is -0.464 e. The highest BCUT2D eigenvalue weighted by Crippen LogP contribution is 2.42. The molecule has 140 valence electrons. The molecule has 1 N–H and O–H groups in total. The van der Waals surface area contributed by atoms with Gasteiger partial charge in [-0.25, -0.2) is 0 Å². The largest absolute Gasteiger partial charge is 0.464 e. The molecule has 4 fully saturated rings. The number of β-amino-alcohol motifs (C(OH)–C–C–N with tert-alkyl or cyclic N) is 1. The first-order valence-electron chi connectivity index (χ1n) is 9.54. The minimum absolute atomic E-state index is 0.131. The number of aliphatic hydroxyl groups excluding tert-OH is 1. The summed E-state index contributed by atoms with van der Waals surface area (Å²) in [5.41, 5.74) is -0.660. The molecule has 1 aromatic heterocycles. The summed E-state index contributed by atoms with van der Waals surface area (Å²) in [5.74, 6) is 1.83. The highest BCUT2D eigenvalue weighted by Gasteiger charge is 2.64. The lowest BCUT2D eigenvalue weighted by Crippen LogP contribution is -2.81. The SMILES string of the molecule is Cc1ccc(CN2C(=O)[C@@H]3C[C@@H](O)CN3C3(CN(CC4CC4)C3)C2=O)o1. The van der Waals surface area contributed by atoms with E-state index in [1.54, 1.807) is 0 Å². The molecule has 0 unspecified atom stereocenters. The number of carbonyl (C=O) groups excluding carboxylic acids is 2. The Morgan fingerprint density at radius 3 is 2.69 bits per heavy atom. The number of aliphatic hydroxyl groups is 1. The average Bonchev–Trinajstić information content (AvgIpc) is 3.16. The number of imide groups is 1. The minimum atomic E-state index is -0.660. The molecule has 26 heavy (non-hydrogen) atoms. The smallest absolute Gasteiger partial charge is 0.252 e. The van der Waals surface area contributed by atoms with Crippen molar-refractivity contribution in [1.29, 1.82) is 0 Å². The molecule has 4 heterocycles. The van der Waals surface area contributed by atoms with Crippen LogP contribution in [0.2, 0.25) is 0 Å². The summed E-state index contributed by atoms with van der Waals surface area (Å²) >= 11 is 0. The first-order chi connectivity index (χ1) is 12.5. The van der Waals surface area contributed by atoms with E-state index in [-0.39, 0.29) is 18.4 Å². The quantitative estimate of drug-likeness (QED) is 0.782. The lowest BCUT2D eigenvalue weighted by Gasteiger charge is -2.58. The van der Waals surface area contributed by atoms with Crippen molar-refractivity contribution < 1.29 is 19.1 Å². The van der Waals surface area contributed by atoms with Gasteiger partial charge in [-0.3, -0.25) is 24.3 Å². The number of likely N-dealkylation sites (tertiary alicyclic amines) is 1. The van der Waals surface area contributed by atoms with E-state index in [4.69, 9.17) is 4.42 Å². The van der Waals surface area contributed by atoms with Gasteiger partial charge in [-0.1, -0.05) is 0 Å². The molecular weight excluding hydrogens is 334 g/mol. The van der Waals surface area contributed by atoms with Crippen LogP contribution in [0, 0.1) is 12.8 Å². The number of piperazine rings is 1. The predicted molar refractivity (Wildman–Crippen MR) is 92.0 cm³/mol. The van der Waals surface area contributed by atoms with E-state index >= 15 is 0 Å². The number of hydrogen-bond donors (Lipinski definition) is 1. The van der Waals surface area contributed by atoms with Crippen molar-refractivity contribution in [3.05, 3.63) is 23.7 Å². The summed E-state index contributed by atoms with van der Waals surface area (Å²) in [4.78, 5) is 32.0. The standard InChI is InChI=1S/C19H25N3O4/c1-12-2-5-15(26-12)9-21-17(24)16-6-14(23)8-22(16)19(18(21)25)10-20(11-19)7-13-3-4-13/h2,5,13-14,16,23H,3-4,6-11H2,1H3/t14-,16+/m1/s1. The number of hydrogen-bond acceptors (Lipinski definition) is 6. The van der Waals surface area contributed by atoms with Gasteiger partial charge in [0, 0.05) is 26.2 Å². The predicted octanol–water partition coefficient (Wildman–Crippen LogP) is 0.356. The molecule has 1 spiro atoms. The molecule has 3 saturated heterocycles. The third kappa shape index (κ3) is 2.45. The van der Waals surface area contributed by atoms with Gasteiger partial charge in [0.1, 0.15) is 17.1 Å². The van der Waals surface area contributed by atoms with Gasteiger partial charge in [-0.2, -0.15) is 0 Å². The summed E-state index contributed by atoms with van der Waals surface area (Å²) < 4.78 is 5.60. The van der Waals surface area contributed by atoms with Crippen LogP contribution < -0.4 is 0 Å². The maximum absolute atomic E-state index is 13.4. The zero-order chi connectivity index (χ0) is 18.1. The van der Waals surface area contributed by atoms with Crippen molar-refractivity contribution in [3.8, 4) is 0 Å². The number of nitrogens with zero attached hydrogens (tertiary/aromatic N) is 3. The van der Waals surface area contributed by atoms with Crippen LogP contribution in [0.25, 0.3) is 0 Å². The monoisotopic (exact) mass is 359 g/mol. The normalized spacial score (nSPS) is 31.5. The first kappa shape index (κ1) is 16.5. The number of furan rings is 1. The van der Waals surface area contributed by atoms with Crippen molar-refractivity contribution in [1.82, 2.24) is 14.7 Å². The molecule has 0 radical (unpaired) electrons. The van der Waals surface area contributed by atoms with Crippen molar-refractivity contribution >= 4 is 11.8 Å². The van der Waals surface area contributed by atoms with Gasteiger partial charge in [-0.15, -0.1) is 0 Å². The summed E-state index contributed by atoms with van der Waals surface area (Å²) in [5, 5.41) is 10.2. The van der Waals surface area contributed by atoms with Crippen LogP contribution in [-0.4, -0.2) is 75.5 Å². The fourth-order valence-corrected chi connectivity index (χ4v) is 4.86. The summed E-state index contributed by atoms with van der Waals surface area (Å²) in [6, 6.07) is 3.26. The van der Waals surface area contributed by atoms with Crippen LogP contribution in [0.15, 0.2) is 16.5 Å². The summed E-state index contributed by atoms with van der Waals surface area (Å²) in [7, 11) is 0. The number of aryl methyl sites for hydroxylation is 1. The molecule has 2 atom stereocenters. The second-order valence-corrected chi connectivity index (χ2v) is 8.44. The van der Waals surface area contributed by atoms with Gasteiger partial charge in [-0.05, 0) is 44.2 Å². The Morgan fingerprint density at radius 2 is 2.04 bits per heavy atom. The molecular formula is C19H25N3O4. The Balaban J connectivity index is 1.41. The molecule has 3 aliphatic heterocycles. The Bertz CT molecular complexity index is 750. The first-order valence-corrected chi connectivity index (χ1v) is 9.54. The molecule has 2 amide bonds. The van der Waals surface area contributed by atoms with Gasteiger partial charge in [0.15, 0.2) is 0 Å². The van der Waals surface area contributed by atoms with Crippen LogP contribution in [0.5, 0.6) is 0 Å². The van der Waals surface area contributed by atoms with Crippen molar-refractivity contribution in [3.63, 3.8) is 0 Å². The molecule has 1 aromatic rings. The topological polar surface area (TPSA) is 77.2 Å². The van der Waals surface area contributed by atoms with Gasteiger partial charge >= 0.3 is 0 Å². The molecule has 1 aliphatic carbocycles. The highest BCUT2D eigenvalue weighted by atomic mass is 16.3. The highest BCUT2D eigenvalue weighted by molar-refractivity contribution is 6.06. The third-order valence-electron chi connectivity index (χ3n) is 6.32. The molecule has 4 aliphatic rings. The second kappa shape index (κ2) is 5.65. The van der Waals surface area contributed by atoms with Crippen LogP contribution in [0.4, 0.5) is 0 Å². The molecule has 7 nitrogen and oxygen atoms in total. The van der Waals surface area contributed by atoms with Crippen LogP contribution in [0.1, 0.15) is 30.8 Å². The Hall–Kier alpha value is -1.70. The van der Waals surface area contributed by atoms with Gasteiger partial charge in [0.2, 0.25) is 5.91 Å². The molecule has 7 heteroatoms. The maximum Gasteiger partial charge on any atom is 0.252 e. The number of rotatable bonds is 4. The Morgan fingerprint density at radius 1 is 1.27 bits per heavy atom. The van der Waals surface area contributed by atoms with E-state index in [0.29, 0.717) is 31.8 Å². The lowest BCUT2D eigenvalue weighted by molar-refractivity contribution is -0.181. The van der Waals surface area contributed by atoms with E-state index in [9.17, 15) is 14.7 Å². The van der Waals surface area contributed by atoms with Crippen LogP contribution in [0.3, 0.4) is 0 Å². The molecule has 5 rings (SSSR count). The fraction of sp³-hybridized carbons (Fsp3) is 0.684. The van der Waals surface area contributed by atoms with Crippen LogP contribution in [-0.2, 0) is 16.1 Å². The van der Waals surface area contributed by atoms with E-state index < -0.39 is 17.7 Å². The van der Waals surface area contributed by atoms with Crippen LogP contribution >= 0.6 is 0 Å². The second-order valence-electron chi connectivity index (χ2n) is 8.44. The maximum atomic E-state index is 13.4. The number of amides is 2. The number of fused-ring (bicyclic) bond motifs is 2. The van der Waals surface area contributed by atoms with Crippen molar-refractivity contribution in [2.75, 3.05) is 26.2 Å². The van der Waals surface area contributed by atoms with E-state index in [1.807, 2.05) is 24.0 Å². The zero-order valence-corrected chi connectivity index (χ0v) is 15.1. The molecule has 0 aromatic carbocycles. The lowest BCUT2D eigenvalue weighted by atomic mass is 9.82. The van der Waals surface area contributed by atoms with Gasteiger partial charge < -0.3 is 9.52 Å². The summed E-state index contributed by atoms with van der Waals surface area (Å²) in [6.07, 6.45) is 2.43. The number of carbonyl (C=O) groups is 2. The van der Waals surface area contributed by atoms with Gasteiger partial charge in [0.05, 0.1) is 18.7 Å². The van der Waals surface area contributed by atoms with E-state index in [0.717, 1.165) is 18.2 Å². The van der Waals surface area contributed by atoms with Crippen molar-refractivity contribution in [2.24, 2.45) is 5.92 Å². The fourth-order valence-electron chi connectivity index (χ4n) is 4.86. The van der Waals surface area contributed by atoms with E-state index in [2.05, 4.69) is 4.90 Å². The van der Waals surface area contributed by atoms with Crippen molar-refractivity contribution in [2.45, 2.75) is 50.4 Å². The third-order valence-corrected chi connectivity index (χ3v) is 6.32. The zero-order valence-electron chi connectivity index (χ0n) is 15.1. The van der Waals surface area contributed by atoms with Gasteiger partial charge in [0.25, 0.3) is 5.91 Å². The van der Waals surface area contributed by atoms with E-state index in [1.165, 1.54) is 17.7 Å². The Labute approximate surface area is 152 Å². The Kier molecular flexibility index (Phi) is 3.58. The molecule has 0 bridgehead atoms. The average molecular weight is 359 g/mol. The molecule has 1 saturated carbocycles.